The molecule has 3 heteroatoms. The summed E-state index contributed by atoms with van der Waals surface area (Å²) < 4.78 is 0. The molecule has 0 aromatic rings. The number of hydrogen-bond acceptors (Lipinski definition) is 2. The van der Waals surface area contributed by atoms with E-state index in [0.717, 1.165) is 6.42 Å². The van der Waals surface area contributed by atoms with E-state index >= 15 is 0 Å². The van der Waals surface area contributed by atoms with Crippen molar-refractivity contribution >= 4 is 12.2 Å². The zero-order valence-electron chi connectivity index (χ0n) is 6.87. The van der Waals surface area contributed by atoms with Crippen LogP contribution in [-0.4, -0.2) is 17.3 Å². The molecule has 0 amide bonds. The van der Waals surface area contributed by atoms with Gasteiger partial charge < -0.3 is 5.11 Å². The highest BCUT2D eigenvalue weighted by Crippen LogP contribution is 2.04. The molecule has 0 spiro atoms. The second-order valence-electron chi connectivity index (χ2n) is 2.12. The maximum Gasteiger partial charge on any atom is 0.333 e. The number of carbonyl (C=O) groups is 1. The predicted molar refractivity (Wildman–Crippen MR) is 44.8 cm³/mol. The third-order valence-corrected chi connectivity index (χ3v) is 1.17. The van der Waals surface area contributed by atoms with E-state index in [1.54, 1.807) is 13.1 Å². The first kappa shape index (κ1) is 9.88. The summed E-state index contributed by atoms with van der Waals surface area (Å²) in [7, 11) is 0. The lowest BCUT2D eigenvalue weighted by molar-refractivity contribution is -0.132. The van der Waals surface area contributed by atoms with Crippen molar-refractivity contribution < 1.29 is 9.90 Å². The Morgan fingerprint density at radius 3 is 2.64 bits per heavy atom. The lowest BCUT2D eigenvalue weighted by Gasteiger charge is -1.95. The lowest BCUT2D eigenvalue weighted by atomic mass is 10.2. The fraction of sp³-hybridized carbons (Fsp3) is 0.500. The van der Waals surface area contributed by atoms with Crippen LogP contribution in [0.5, 0.6) is 0 Å². The standard InChI is InChI=1S/C8H13NO2/c1-3-5-7(8(10)11)6-9-4-2/h4,6H,3,5H2,1-2H3,(H,10,11). The first-order valence-corrected chi connectivity index (χ1v) is 3.62. The molecule has 1 N–H and O–H groups in total. The van der Waals surface area contributed by atoms with Gasteiger partial charge in [0.05, 0.1) is 5.57 Å². The minimum absolute atomic E-state index is 0.366. The summed E-state index contributed by atoms with van der Waals surface area (Å²) >= 11 is 0. The quantitative estimate of drug-likeness (QED) is 0.497. The Bertz CT molecular complexity index is 183. The molecule has 3 nitrogen and oxygen atoms in total. The predicted octanol–water partition coefficient (Wildman–Crippen LogP) is 1.85. The van der Waals surface area contributed by atoms with E-state index in [1.807, 2.05) is 6.92 Å². The maximum atomic E-state index is 10.5. The van der Waals surface area contributed by atoms with E-state index < -0.39 is 5.97 Å². The Kier molecular flexibility index (Phi) is 5.07. The van der Waals surface area contributed by atoms with Crippen molar-refractivity contribution in [2.75, 3.05) is 0 Å². The van der Waals surface area contributed by atoms with E-state index in [9.17, 15) is 4.79 Å². The molecular weight excluding hydrogens is 142 g/mol. The zero-order chi connectivity index (χ0) is 8.69. The van der Waals surface area contributed by atoms with Crippen molar-refractivity contribution in [2.45, 2.75) is 26.7 Å². The summed E-state index contributed by atoms with van der Waals surface area (Å²) in [5, 5.41) is 8.59. The summed E-state index contributed by atoms with van der Waals surface area (Å²) in [5.74, 6) is -0.877. The molecule has 0 bridgehead atoms. The molecule has 0 aromatic carbocycles. The number of aliphatic carboxylic acids is 1. The van der Waals surface area contributed by atoms with Gasteiger partial charge in [0.1, 0.15) is 0 Å². The summed E-state index contributed by atoms with van der Waals surface area (Å²) in [6.45, 7) is 3.69. The fourth-order valence-electron chi connectivity index (χ4n) is 0.661. The van der Waals surface area contributed by atoms with Gasteiger partial charge in [0.2, 0.25) is 0 Å². The average Bonchev–Trinajstić information content (AvgIpc) is 1.97. The van der Waals surface area contributed by atoms with E-state index in [0.29, 0.717) is 12.0 Å². The zero-order valence-corrected chi connectivity index (χ0v) is 6.87. The topological polar surface area (TPSA) is 49.7 Å². The number of aliphatic imine (C=N–C) groups is 1. The molecule has 0 aliphatic rings. The molecule has 0 saturated carbocycles. The molecule has 0 fully saturated rings. The van der Waals surface area contributed by atoms with E-state index in [1.165, 1.54) is 6.20 Å². The van der Waals surface area contributed by atoms with Gasteiger partial charge in [-0.15, -0.1) is 0 Å². The third kappa shape index (κ3) is 4.31. The van der Waals surface area contributed by atoms with Crippen LogP contribution in [-0.2, 0) is 4.79 Å². The monoisotopic (exact) mass is 155 g/mol. The van der Waals surface area contributed by atoms with Gasteiger partial charge in [-0.25, -0.2) is 4.79 Å². The van der Waals surface area contributed by atoms with E-state index in [2.05, 4.69) is 4.99 Å². The Morgan fingerprint density at radius 2 is 2.27 bits per heavy atom. The number of rotatable bonds is 4. The van der Waals surface area contributed by atoms with E-state index in [4.69, 9.17) is 5.11 Å². The van der Waals surface area contributed by atoms with Gasteiger partial charge in [0.15, 0.2) is 0 Å². The molecule has 0 aliphatic carbocycles. The van der Waals surface area contributed by atoms with Crippen molar-refractivity contribution in [3.8, 4) is 0 Å². The van der Waals surface area contributed by atoms with Crippen LogP contribution in [0.3, 0.4) is 0 Å². The number of carboxylic acid groups (broad SMARTS) is 1. The van der Waals surface area contributed by atoms with Gasteiger partial charge in [0.25, 0.3) is 0 Å². The lowest BCUT2D eigenvalue weighted by Crippen LogP contribution is -1.99. The van der Waals surface area contributed by atoms with Crippen molar-refractivity contribution in [2.24, 2.45) is 4.99 Å². The smallest absolute Gasteiger partial charge is 0.333 e. The molecule has 0 atom stereocenters. The van der Waals surface area contributed by atoms with Crippen LogP contribution in [0, 0.1) is 0 Å². The molecule has 62 valence electrons. The Morgan fingerprint density at radius 1 is 1.64 bits per heavy atom. The second-order valence-corrected chi connectivity index (χ2v) is 2.12. The van der Waals surface area contributed by atoms with Crippen LogP contribution >= 0.6 is 0 Å². The average molecular weight is 155 g/mol. The van der Waals surface area contributed by atoms with Crippen LogP contribution in [0.2, 0.25) is 0 Å². The molecule has 0 rings (SSSR count). The molecule has 0 heterocycles. The number of nitrogens with zero attached hydrogens (tertiary/aromatic N) is 1. The highest BCUT2D eigenvalue weighted by Gasteiger charge is 2.03. The molecule has 0 radical (unpaired) electrons. The molecule has 0 saturated heterocycles. The minimum Gasteiger partial charge on any atom is -0.478 e. The van der Waals surface area contributed by atoms with Crippen LogP contribution in [0.1, 0.15) is 26.7 Å². The highest BCUT2D eigenvalue weighted by molar-refractivity contribution is 5.86. The van der Waals surface area contributed by atoms with Gasteiger partial charge in [-0.05, 0) is 13.3 Å². The third-order valence-electron chi connectivity index (χ3n) is 1.17. The Balaban J connectivity index is 4.20. The summed E-state index contributed by atoms with van der Waals surface area (Å²) in [5.41, 5.74) is 0.366. The van der Waals surface area contributed by atoms with Gasteiger partial charge >= 0.3 is 5.97 Å². The highest BCUT2D eigenvalue weighted by atomic mass is 16.4. The largest absolute Gasteiger partial charge is 0.478 e. The van der Waals surface area contributed by atoms with Gasteiger partial charge in [-0.3, -0.25) is 4.99 Å². The SMILES string of the molecule is CC=NC=C(CCC)C(=O)O. The summed E-state index contributed by atoms with van der Waals surface area (Å²) in [6, 6.07) is 0. The van der Waals surface area contributed by atoms with Crippen LogP contribution in [0.25, 0.3) is 0 Å². The van der Waals surface area contributed by atoms with E-state index in [-0.39, 0.29) is 0 Å². The molecule has 0 aliphatic heterocycles. The van der Waals surface area contributed by atoms with Crippen molar-refractivity contribution in [1.82, 2.24) is 0 Å². The Labute approximate surface area is 66.5 Å². The van der Waals surface area contributed by atoms with Crippen molar-refractivity contribution in [3.05, 3.63) is 11.8 Å². The first-order chi connectivity index (χ1) is 5.22. The van der Waals surface area contributed by atoms with Crippen LogP contribution < -0.4 is 0 Å². The molecule has 11 heavy (non-hydrogen) atoms. The van der Waals surface area contributed by atoms with Crippen LogP contribution in [0.15, 0.2) is 16.8 Å². The van der Waals surface area contributed by atoms with Crippen molar-refractivity contribution in [3.63, 3.8) is 0 Å². The van der Waals surface area contributed by atoms with Gasteiger partial charge in [-0.1, -0.05) is 13.3 Å². The molecule has 0 aromatic heterocycles. The van der Waals surface area contributed by atoms with Gasteiger partial charge in [0, 0.05) is 12.4 Å². The van der Waals surface area contributed by atoms with Gasteiger partial charge in [-0.2, -0.15) is 0 Å². The number of carboxylic acids is 1. The van der Waals surface area contributed by atoms with Crippen molar-refractivity contribution in [1.29, 1.82) is 0 Å². The summed E-state index contributed by atoms with van der Waals surface area (Å²) in [6.07, 6.45) is 4.37. The normalized spacial score (nSPS) is 12.4. The second kappa shape index (κ2) is 5.65. The Hall–Kier alpha value is -1.12. The molecular formula is C8H13NO2. The van der Waals surface area contributed by atoms with Crippen LogP contribution in [0.4, 0.5) is 0 Å². The maximum absolute atomic E-state index is 10.5. The number of hydrogen-bond donors (Lipinski definition) is 1. The summed E-state index contributed by atoms with van der Waals surface area (Å²) in [4.78, 5) is 14.2. The molecule has 0 unspecified atom stereocenters. The fourth-order valence-corrected chi connectivity index (χ4v) is 0.661. The first-order valence-electron chi connectivity index (χ1n) is 3.62. The minimum atomic E-state index is -0.877.